The lowest BCUT2D eigenvalue weighted by molar-refractivity contribution is 0.197. The van der Waals surface area contributed by atoms with E-state index in [9.17, 15) is 4.39 Å². The minimum absolute atomic E-state index is 0. The van der Waals surface area contributed by atoms with Gasteiger partial charge in [-0.25, -0.2) is 4.39 Å². The van der Waals surface area contributed by atoms with Crippen molar-refractivity contribution < 1.29 is 4.39 Å². The van der Waals surface area contributed by atoms with Crippen LogP contribution in [0.5, 0.6) is 0 Å². The first-order chi connectivity index (χ1) is 10.8. The van der Waals surface area contributed by atoms with Crippen molar-refractivity contribution in [2.45, 2.75) is 30.7 Å². The van der Waals surface area contributed by atoms with E-state index in [-0.39, 0.29) is 35.3 Å². The molecule has 0 bridgehead atoms. The molecule has 0 unspecified atom stereocenters. The molecule has 1 aromatic carbocycles. The average Bonchev–Trinajstić information content (AvgIpc) is 2.51. The second-order valence-corrected chi connectivity index (χ2v) is 7.38. The van der Waals surface area contributed by atoms with Crippen molar-refractivity contribution in [3.05, 3.63) is 30.1 Å². The van der Waals surface area contributed by atoms with Crippen LogP contribution in [-0.2, 0) is 0 Å². The van der Waals surface area contributed by atoms with E-state index in [4.69, 9.17) is 0 Å². The van der Waals surface area contributed by atoms with Gasteiger partial charge in [0.1, 0.15) is 5.82 Å². The molecule has 0 atom stereocenters. The molecule has 0 aliphatic rings. The zero-order chi connectivity index (χ0) is 17.3. The van der Waals surface area contributed by atoms with Crippen LogP contribution >= 0.6 is 35.7 Å². The topological polar surface area (TPSA) is 39.7 Å². The molecule has 0 amide bonds. The molecule has 0 saturated heterocycles. The highest BCUT2D eigenvalue weighted by molar-refractivity contribution is 14.0. The van der Waals surface area contributed by atoms with Gasteiger partial charge in [-0.3, -0.25) is 4.99 Å². The number of nitrogens with one attached hydrogen (secondary N) is 2. The first-order valence-electron chi connectivity index (χ1n) is 7.85. The number of likely N-dealkylation sites (N-methyl/N-ethyl adjacent to an activating group) is 1. The molecule has 4 nitrogen and oxygen atoms in total. The lowest BCUT2D eigenvalue weighted by atomic mass is 10.0. The van der Waals surface area contributed by atoms with Crippen molar-refractivity contribution in [3.63, 3.8) is 0 Å². The average molecular weight is 468 g/mol. The fourth-order valence-electron chi connectivity index (χ4n) is 1.68. The molecule has 0 spiro atoms. The third-order valence-electron chi connectivity index (χ3n) is 3.82. The van der Waals surface area contributed by atoms with Gasteiger partial charge in [0.05, 0.1) is 0 Å². The molecule has 24 heavy (non-hydrogen) atoms. The van der Waals surface area contributed by atoms with Gasteiger partial charge in [-0.05, 0) is 64.4 Å². The minimum atomic E-state index is -0.188. The predicted molar refractivity (Wildman–Crippen MR) is 114 cm³/mol. The third-order valence-corrected chi connectivity index (χ3v) is 4.92. The van der Waals surface area contributed by atoms with E-state index in [1.807, 2.05) is 12.1 Å². The summed E-state index contributed by atoms with van der Waals surface area (Å²) in [5.74, 6) is 1.62. The fraction of sp³-hybridized carbons (Fsp3) is 0.588. The Morgan fingerprint density at radius 3 is 2.38 bits per heavy atom. The van der Waals surface area contributed by atoms with Gasteiger partial charge >= 0.3 is 0 Å². The van der Waals surface area contributed by atoms with Crippen LogP contribution in [0.2, 0.25) is 0 Å². The Kier molecular flexibility index (Phi) is 11.6. The number of hydrogen-bond donors (Lipinski definition) is 2. The lowest BCUT2D eigenvalue weighted by Crippen LogP contribution is -2.50. The Balaban J connectivity index is 0.00000529. The van der Waals surface area contributed by atoms with E-state index in [0.29, 0.717) is 0 Å². The zero-order valence-corrected chi connectivity index (χ0v) is 18.4. The molecule has 0 saturated carbocycles. The summed E-state index contributed by atoms with van der Waals surface area (Å²) in [5, 5.41) is 6.68. The van der Waals surface area contributed by atoms with Crippen LogP contribution in [0.15, 0.2) is 34.2 Å². The van der Waals surface area contributed by atoms with Crippen LogP contribution in [0.1, 0.15) is 20.3 Å². The van der Waals surface area contributed by atoms with E-state index < -0.39 is 0 Å². The molecule has 0 fully saturated rings. The Hall–Kier alpha value is -0.540. The molecule has 0 aromatic heterocycles. The number of halogens is 2. The maximum Gasteiger partial charge on any atom is 0.191 e. The van der Waals surface area contributed by atoms with Gasteiger partial charge in [0, 0.05) is 30.6 Å². The maximum absolute atomic E-state index is 12.8. The first kappa shape index (κ1) is 23.5. The number of guanidine groups is 1. The molecular weight excluding hydrogens is 438 g/mol. The molecule has 1 aromatic rings. The van der Waals surface area contributed by atoms with Gasteiger partial charge in [-0.1, -0.05) is 0 Å². The maximum atomic E-state index is 12.8. The van der Waals surface area contributed by atoms with E-state index >= 15 is 0 Å². The second kappa shape index (κ2) is 11.9. The Bertz CT molecular complexity index is 492. The predicted octanol–water partition coefficient (Wildman–Crippen LogP) is 3.43. The Morgan fingerprint density at radius 2 is 1.83 bits per heavy atom. The summed E-state index contributed by atoms with van der Waals surface area (Å²) in [4.78, 5) is 7.53. The second-order valence-electron chi connectivity index (χ2n) is 6.22. The molecule has 2 N–H and O–H groups in total. The highest BCUT2D eigenvalue weighted by Gasteiger charge is 2.20. The summed E-state index contributed by atoms with van der Waals surface area (Å²) in [6.45, 7) is 6.06. The monoisotopic (exact) mass is 468 g/mol. The van der Waals surface area contributed by atoms with Crippen molar-refractivity contribution in [1.29, 1.82) is 0 Å². The Labute approximate surface area is 167 Å². The summed E-state index contributed by atoms with van der Waals surface area (Å²) >= 11 is 1.74. The smallest absolute Gasteiger partial charge is 0.191 e. The van der Waals surface area contributed by atoms with Crippen molar-refractivity contribution in [2.24, 2.45) is 4.99 Å². The largest absolute Gasteiger partial charge is 0.356 e. The number of rotatable bonds is 8. The zero-order valence-electron chi connectivity index (χ0n) is 15.2. The van der Waals surface area contributed by atoms with Crippen molar-refractivity contribution in [2.75, 3.05) is 40.0 Å². The number of aliphatic imine (C=N–C) groups is 1. The van der Waals surface area contributed by atoms with Crippen LogP contribution in [0, 0.1) is 5.82 Å². The van der Waals surface area contributed by atoms with E-state index in [1.54, 1.807) is 18.8 Å². The van der Waals surface area contributed by atoms with Crippen LogP contribution in [0.4, 0.5) is 4.39 Å². The van der Waals surface area contributed by atoms with Gasteiger partial charge in [0.25, 0.3) is 0 Å². The highest BCUT2D eigenvalue weighted by Crippen LogP contribution is 2.18. The fourth-order valence-corrected chi connectivity index (χ4v) is 2.53. The molecule has 0 aliphatic heterocycles. The van der Waals surface area contributed by atoms with Gasteiger partial charge < -0.3 is 15.5 Å². The quantitative estimate of drug-likeness (QED) is 0.202. The lowest BCUT2D eigenvalue weighted by Gasteiger charge is -2.33. The van der Waals surface area contributed by atoms with Gasteiger partial charge in [-0.15, -0.1) is 35.7 Å². The first-order valence-corrected chi connectivity index (χ1v) is 8.84. The summed E-state index contributed by atoms with van der Waals surface area (Å²) < 4.78 is 12.8. The molecular formula is C17H30FIN4S. The SMILES string of the molecule is CN=C(NCCCSc1ccc(F)cc1)NCC(C)(C)N(C)C.I. The molecule has 1 rings (SSSR count). The number of hydrogen-bond acceptors (Lipinski definition) is 3. The normalized spacial score (nSPS) is 12.0. The van der Waals surface area contributed by atoms with Crippen LogP contribution < -0.4 is 10.6 Å². The van der Waals surface area contributed by atoms with Crippen molar-refractivity contribution in [3.8, 4) is 0 Å². The molecule has 0 aliphatic carbocycles. The standard InChI is InChI=1S/C17H29FN4S.HI/c1-17(2,22(4)5)13-21-16(19-3)20-11-6-12-23-15-9-7-14(18)8-10-15;/h7-10H,6,11-13H2,1-5H3,(H2,19,20,21);1H. The van der Waals surface area contributed by atoms with Crippen LogP contribution in [0.25, 0.3) is 0 Å². The van der Waals surface area contributed by atoms with Crippen molar-refractivity contribution in [1.82, 2.24) is 15.5 Å². The number of benzene rings is 1. The summed E-state index contributed by atoms with van der Waals surface area (Å²) in [6.07, 6.45) is 1.01. The third kappa shape index (κ3) is 9.08. The van der Waals surface area contributed by atoms with Gasteiger partial charge in [0.2, 0.25) is 0 Å². The van der Waals surface area contributed by atoms with E-state index in [0.717, 1.165) is 36.1 Å². The highest BCUT2D eigenvalue weighted by atomic mass is 127. The number of thioether (sulfide) groups is 1. The van der Waals surface area contributed by atoms with E-state index in [2.05, 4.69) is 48.5 Å². The molecule has 0 radical (unpaired) electrons. The summed E-state index contributed by atoms with van der Waals surface area (Å²) in [5.41, 5.74) is 0.0655. The van der Waals surface area contributed by atoms with Crippen LogP contribution in [-0.4, -0.2) is 56.4 Å². The van der Waals surface area contributed by atoms with E-state index in [1.165, 1.54) is 12.1 Å². The number of nitrogens with zero attached hydrogens (tertiary/aromatic N) is 2. The molecule has 7 heteroatoms. The van der Waals surface area contributed by atoms with Crippen molar-refractivity contribution >= 4 is 41.7 Å². The summed E-state index contributed by atoms with van der Waals surface area (Å²) in [6, 6.07) is 6.63. The van der Waals surface area contributed by atoms with Crippen LogP contribution in [0.3, 0.4) is 0 Å². The minimum Gasteiger partial charge on any atom is -0.356 e. The molecule has 0 heterocycles. The van der Waals surface area contributed by atoms with Gasteiger partial charge in [0.15, 0.2) is 5.96 Å². The van der Waals surface area contributed by atoms with Gasteiger partial charge in [-0.2, -0.15) is 0 Å². The Morgan fingerprint density at radius 1 is 1.21 bits per heavy atom. The summed E-state index contributed by atoms with van der Waals surface area (Å²) in [7, 11) is 5.93. The molecule has 138 valence electrons.